The van der Waals surface area contributed by atoms with Crippen LogP contribution >= 0.6 is 23.4 Å². The average Bonchev–Trinajstić information content (AvgIpc) is 3.17. The number of hydrogen-bond acceptors (Lipinski definition) is 3. The molecule has 0 radical (unpaired) electrons. The molecule has 148 valence electrons. The first kappa shape index (κ1) is 21.8. The molecule has 1 saturated carbocycles. The number of aliphatic hydroxyl groups excluding tert-OH is 1. The van der Waals surface area contributed by atoms with Crippen molar-refractivity contribution in [1.82, 2.24) is 0 Å². The minimum Gasteiger partial charge on any atom is -0.480 e. The summed E-state index contributed by atoms with van der Waals surface area (Å²) in [5.74, 6) is -0.0451. The van der Waals surface area contributed by atoms with Gasteiger partial charge in [-0.25, -0.2) is 0 Å². The summed E-state index contributed by atoms with van der Waals surface area (Å²) in [7, 11) is 0. The third-order valence-corrected chi connectivity index (χ3v) is 7.48. The van der Waals surface area contributed by atoms with E-state index in [4.69, 9.17) is 16.7 Å². The summed E-state index contributed by atoms with van der Waals surface area (Å²) in [4.78, 5) is 12.2. The first-order valence-electron chi connectivity index (χ1n) is 10.1. The lowest BCUT2D eigenvalue weighted by Crippen LogP contribution is -2.20. The molecule has 1 heterocycles. The van der Waals surface area contributed by atoms with Crippen molar-refractivity contribution < 1.29 is 15.0 Å². The number of unbranched alkanes of at least 4 members (excludes halogenated alkanes) is 2. The van der Waals surface area contributed by atoms with Gasteiger partial charge in [-0.1, -0.05) is 38.0 Å². The van der Waals surface area contributed by atoms with E-state index in [1.807, 2.05) is 0 Å². The Morgan fingerprint density at radius 2 is 2.04 bits per heavy atom. The maximum atomic E-state index is 11.0. The smallest absolute Gasteiger partial charge is 0.317 e. The zero-order chi connectivity index (χ0) is 18.9. The molecule has 1 fully saturated rings. The molecule has 0 amide bonds. The van der Waals surface area contributed by atoms with Crippen LogP contribution < -0.4 is 0 Å². The second kappa shape index (κ2) is 11.4. The lowest BCUT2D eigenvalue weighted by molar-refractivity contribution is -0.136. The van der Waals surface area contributed by atoms with Crippen LogP contribution in [0.15, 0.2) is 23.1 Å². The molecule has 0 spiro atoms. The standard InChI is InChI=1S/C21H33ClO3S/c1-2-3-4-5-6-7-10-17-16(18(22)14-19(17)23)11-8-9-15-12-13-20(26-15)21(24)25/h5-6,12,16-20,23H,2-4,7-11,13-14H2,1H3,(H,24,25)/b6-5+/t16-,17?,18?,19-,20?/m1/s1. The van der Waals surface area contributed by atoms with Gasteiger partial charge >= 0.3 is 5.97 Å². The van der Waals surface area contributed by atoms with Crippen LogP contribution in [0.5, 0.6) is 0 Å². The topological polar surface area (TPSA) is 57.5 Å². The Labute approximate surface area is 167 Å². The number of thioether (sulfide) groups is 1. The van der Waals surface area contributed by atoms with E-state index in [2.05, 4.69) is 25.2 Å². The number of allylic oxidation sites excluding steroid dienone is 4. The highest BCUT2D eigenvalue weighted by molar-refractivity contribution is 8.04. The fourth-order valence-corrected chi connectivity index (χ4v) is 5.73. The lowest BCUT2D eigenvalue weighted by atomic mass is 9.86. The largest absolute Gasteiger partial charge is 0.480 e. The van der Waals surface area contributed by atoms with Crippen molar-refractivity contribution in [3.63, 3.8) is 0 Å². The van der Waals surface area contributed by atoms with E-state index < -0.39 is 5.97 Å². The van der Waals surface area contributed by atoms with Crippen LogP contribution in [0.2, 0.25) is 0 Å². The summed E-state index contributed by atoms with van der Waals surface area (Å²) in [5.41, 5.74) is 0. The third-order valence-electron chi connectivity index (χ3n) is 5.62. The molecule has 3 nitrogen and oxygen atoms in total. The molecule has 0 bridgehead atoms. The summed E-state index contributed by atoms with van der Waals surface area (Å²) >= 11 is 8.03. The molecule has 2 N–H and O–H groups in total. The normalized spacial score (nSPS) is 31.7. The van der Waals surface area contributed by atoms with Crippen LogP contribution in [0.4, 0.5) is 0 Å². The molecule has 2 aliphatic rings. The van der Waals surface area contributed by atoms with E-state index in [-0.39, 0.29) is 16.7 Å². The molecular formula is C21H33ClO3S. The second-order valence-corrected chi connectivity index (χ2v) is 9.47. The van der Waals surface area contributed by atoms with Gasteiger partial charge in [0.2, 0.25) is 0 Å². The minimum absolute atomic E-state index is 0.0658. The van der Waals surface area contributed by atoms with Gasteiger partial charge in [0.1, 0.15) is 5.25 Å². The number of carbonyl (C=O) groups is 1. The molecule has 0 aromatic carbocycles. The molecule has 0 aromatic heterocycles. The SMILES string of the molecule is CCCC/C=C/CCC1[C@@H](CCCC2=CCC(C(=O)O)S2)C(Cl)C[C@H]1O. The van der Waals surface area contributed by atoms with Crippen LogP contribution in [0.1, 0.15) is 71.1 Å². The van der Waals surface area contributed by atoms with Gasteiger partial charge in [0.15, 0.2) is 0 Å². The fraction of sp³-hybridized carbons (Fsp3) is 0.762. The van der Waals surface area contributed by atoms with Crippen molar-refractivity contribution in [2.24, 2.45) is 11.8 Å². The summed E-state index contributed by atoms with van der Waals surface area (Å²) in [6, 6.07) is 0. The number of carboxylic acids is 1. The molecule has 3 unspecified atom stereocenters. The maximum absolute atomic E-state index is 11.0. The van der Waals surface area contributed by atoms with E-state index in [0.29, 0.717) is 24.7 Å². The molecule has 0 saturated heterocycles. The summed E-state index contributed by atoms with van der Waals surface area (Å²) in [6.07, 6.45) is 16.3. The Morgan fingerprint density at radius 1 is 1.27 bits per heavy atom. The van der Waals surface area contributed by atoms with Crippen molar-refractivity contribution in [1.29, 1.82) is 0 Å². The number of halogens is 1. The maximum Gasteiger partial charge on any atom is 0.317 e. The van der Waals surface area contributed by atoms with E-state index in [1.165, 1.54) is 29.5 Å². The van der Waals surface area contributed by atoms with Crippen LogP contribution in [0.25, 0.3) is 0 Å². The fourth-order valence-electron chi connectivity index (χ4n) is 4.12. The van der Waals surface area contributed by atoms with Crippen molar-refractivity contribution in [2.75, 3.05) is 0 Å². The van der Waals surface area contributed by atoms with Crippen LogP contribution in [-0.4, -0.2) is 32.9 Å². The van der Waals surface area contributed by atoms with Crippen molar-refractivity contribution in [2.45, 2.75) is 87.9 Å². The van der Waals surface area contributed by atoms with Crippen molar-refractivity contribution >= 4 is 29.3 Å². The Bertz CT molecular complexity index is 505. The number of carboxylic acid groups (broad SMARTS) is 1. The van der Waals surface area contributed by atoms with Crippen LogP contribution in [0.3, 0.4) is 0 Å². The highest BCUT2D eigenvalue weighted by Gasteiger charge is 2.40. The van der Waals surface area contributed by atoms with Crippen LogP contribution in [0, 0.1) is 11.8 Å². The van der Waals surface area contributed by atoms with Crippen LogP contribution in [-0.2, 0) is 4.79 Å². The second-order valence-electron chi connectivity index (χ2n) is 7.58. The van der Waals surface area contributed by atoms with Gasteiger partial charge in [-0.15, -0.1) is 23.4 Å². The van der Waals surface area contributed by atoms with E-state index in [1.54, 1.807) is 0 Å². The molecule has 0 aromatic rings. The molecular weight excluding hydrogens is 368 g/mol. The molecule has 5 atom stereocenters. The zero-order valence-electron chi connectivity index (χ0n) is 15.8. The lowest BCUT2D eigenvalue weighted by Gasteiger charge is -2.23. The zero-order valence-corrected chi connectivity index (χ0v) is 17.4. The Morgan fingerprint density at radius 3 is 2.73 bits per heavy atom. The van der Waals surface area contributed by atoms with Gasteiger partial charge in [0.25, 0.3) is 0 Å². The highest BCUT2D eigenvalue weighted by atomic mass is 35.5. The molecule has 1 aliphatic heterocycles. The Balaban J connectivity index is 1.73. The third kappa shape index (κ3) is 6.61. The number of rotatable bonds is 11. The summed E-state index contributed by atoms with van der Waals surface area (Å²) < 4.78 is 0. The minimum atomic E-state index is -0.715. The van der Waals surface area contributed by atoms with Crippen molar-refractivity contribution in [3.8, 4) is 0 Å². The van der Waals surface area contributed by atoms with E-state index in [0.717, 1.165) is 38.5 Å². The molecule has 26 heavy (non-hydrogen) atoms. The summed E-state index contributed by atoms with van der Waals surface area (Å²) in [5, 5.41) is 19.2. The van der Waals surface area contributed by atoms with Gasteiger partial charge in [-0.05, 0) is 68.1 Å². The quantitative estimate of drug-likeness (QED) is 0.263. The van der Waals surface area contributed by atoms with Gasteiger partial charge in [-0.2, -0.15) is 0 Å². The van der Waals surface area contributed by atoms with Gasteiger partial charge in [0, 0.05) is 5.38 Å². The first-order chi connectivity index (χ1) is 12.5. The molecule has 1 aliphatic carbocycles. The predicted octanol–water partition coefficient (Wildman–Crippen LogP) is 5.76. The molecule has 2 rings (SSSR count). The number of hydrogen-bond donors (Lipinski definition) is 2. The van der Waals surface area contributed by atoms with Crippen molar-refractivity contribution in [3.05, 3.63) is 23.1 Å². The number of aliphatic carboxylic acids is 1. The van der Waals surface area contributed by atoms with Gasteiger partial charge in [-0.3, -0.25) is 4.79 Å². The summed E-state index contributed by atoms with van der Waals surface area (Å²) in [6.45, 7) is 2.20. The van der Waals surface area contributed by atoms with Gasteiger partial charge < -0.3 is 10.2 Å². The average molecular weight is 401 g/mol. The van der Waals surface area contributed by atoms with E-state index in [9.17, 15) is 9.90 Å². The molecule has 5 heteroatoms. The first-order valence-corrected chi connectivity index (χ1v) is 11.4. The van der Waals surface area contributed by atoms with E-state index >= 15 is 0 Å². The number of alkyl halides is 1. The van der Waals surface area contributed by atoms with Gasteiger partial charge in [0.05, 0.1) is 6.10 Å². The highest BCUT2D eigenvalue weighted by Crippen LogP contribution is 2.43. The Kier molecular flexibility index (Phi) is 9.58. The Hall–Kier alpha value is -0.450. The monoisotopic (exact) mass is 400 g/mol. The number of aliphatic hydroxyl groups is 1. The predicted molar refractivity (Wildman–Crippen MR) is 111 cm³/mol.